The van der Waals surface area contributed by atoms with Gasteiger partial charge in [0, 0.05) is 12.3 Å². The molecule has 2 atom stereocenters. The molecule has 0 bridgehead atoms. The second-order valence-electron chi connectivity index (χ2n) is 5.57. The van der Waals surface area contributed by atoms with Gasteiger partial charge in [-0.15, -0.1) is 0 Å². The van der Waals surface area contributed by atoms with Crippen molar-refractivity contribution in [1.82, 2.24) is 0 Å². The highest BCUT2D eigenvalue weighted by atomic mass is 16.5. The van der Waals surface area contributed by atoms with Crippen molar-refractivity contribution in [2.45, 2.75) is 38.3 Å². The molecule has 3 rings (SSSR count). The Hall–Kier alpha value is -1.55. The fourth-order valence-electron chi connectivity index (χ4n) is 2.82. The van der Waals surface area contributed by atoms with Crippen LogP contribution in [0, 0.1) is 12.8 Å². The van der Waals surface area contributed by atoms with Crippen LogP contribution in [0.25, 0.3) is 0 Å². The molecule has 1 aromatic carbocycles. The maximum Gasteiger partial charge on any atom is 0.337 e. The number of nitrogens with one attached hydrogen (secondary N) is 1. The molecular formula is C15H19NO3. The molecule has 4 heteroatoms. The van der Waals surface area contributed by atoms with Gasteiger partial charge in [-0.05, 0) is 44.2 Å². The van der Waals surface area contributed by atoms with Crippen molar-refractivity contribution >= 4 is 11.7 Å². The molecule has 0 radical (unpaired) electrons. The largest absolute Gasteiger partial charge is 0.478 e. The number of carbonyl (C=O) groups is 1. The topological polar surface area (TPSA) is 58.6 Å². The van der Waals surface area contributed by atoms with Crippen LogP contribution in [-0.4, -0.2) is 29.8 Å². The van der Waals surface area contributed by atoms with Gasteiger partial charge in [-0.25, -0.2) is 4.79 Å². The van der Waals surface area contributed by atoms with Crippen LogP contribution in [0.5, 0.6) is 0 Å². The lowest BCUT2D eigenvalue weighted by Crippen LogP contribution is -2.31. The maximum absolute atomic E-state index is 11.3. The van der Waals surface area contributed by atoms with E-state index in [0.29, 0.717) is 17.2 Å². The van der Waals surface area contributed by atoms with Crippen LogP contribution in [-0.2, 0) is 4.74 Å². The van der Waals surface area contributed by atoms with E-state index in [2.05, 4.69) is 5.32 Å². The summed E-state index contributed by atoms with van der Waals surface area (Å²) in [6, 6.07) is 5.76. The van der Waals surface area contributed by atoms with E-state index in [1.54, 1.807) is 6.07 Å². The summed E-state index contributed by atoms with van der Waals surface area (Å²) < 4.78 is 5.78. The first kappa shape index (κ1) is 12.5. The van der Waals surface area contributed by atoms with Crippen molar-refractivity contribution in [2.24, 2.45) is 5.92 Å². The minimum Gasteiger partial charge on any atom is -0.478 e. The normalized spacial score (nSPS) is 26.4. The third-order valence-electron chi connectivity index (χ3n) is 3.97. The molecular weight excluding hydrogens is 242 g/mol. The third-order valence-corrected chi connectivity index (χ3v) is 3.97. The number of ether oxygens (including phenoxy) is 1. The second-order valence-corrected chi connectivity index (χ2v) is 5.57. The first-order chi connectivity index (χ1) is 9.15. The van der Waals surface area contributed by atoms with E-state index in [9.17, 15) is 9.90 Å². The molecule has 1 saturated carbocycles. The molecule has 1 aromatic rings. The van der Waals surface area contributed by atoms with Crippen molar-refractivity contribution < 1.29 is 14.6 Å². The van der Waals surface area contributed by atoms with Crippen LogP contribution in [0.2, 0.25) is 0 Å². The monoisotopic (exact) mass is 261 g/mol. The summed E-state index contributed by atoms with van der Waals surface area (Å²) in [5.41, 5.74) is 2.02. The molecule has 0 aromatic heterocycles. The predicted octanol–water partition coefficient (Wildman–Crippen LogP) is 2.67. The molecule has 102 valence electrons. The van der Waals surface area contributed by atoms with Gasteiger partial charge in [0.05, 0.1) is 17.7 Å². The zero-order chi connectivity index (χ0) is 13.4. The zero-order valence-electron chi connectivity index (χ0n) is 11.1. The summed E-state index contributed by atoms with van der Waals surface area (Å²) in [5, 5.41) is 12.7. The molecule has 1 aliphatic carbocycles. The summed E-state index contributed by atoms with van der Waals surface area (Å²) in [6.45, 7) is 2.68. The second kappa shape index (κ2) is 4.85. The lowest BCUT2D eigenvalue weighted by molar-refractivity contribution is 0.0697. The van der Waals surface area contributed by atoms with Crippen LogP contribution in [0.1, 0.15) is 35.2 Å². The minimum absolute atomic E-state index is 0.244. The summed E-state index contributed by atoms with van der Waals surface area (Å²) in [6.07, 6.45) is 3.68. The number of carboxylic acid groups (broad SMARTS) is 1. The van der Waals surface area contributed by atoms with Crippen LogP contribution in [0.3, 0.4) is 0 Å². The fourth-order valence-corrected chi connectivity index (χ4v) is 2.82. The van der Waals surface area contributed by atoms with Crippen molar-refractivity contribution in [3.05, 3.63) is 29.3 Å². The van der Waals surface area contributed by atoms with Gasteiger partial charge in [-0.2, -0.15) is 0 Å². The number of rotatable bonds is 4. The fraction of sp³-hybridized carbons (Fsp3) is 0.533. The number of aromatic carboxylic acids is 1. The van der Waals surface area contributed by atoms with E-state index < -0.39 is 5.97 Å². The Bertz CT molecular complexity index is 496. The summed E-state index contributed by atoms with van der Waals surface area (Å²) >= 11 is 0. The third kappa shape index (κ3) is 2.59. The average molecular weight is 261 g/mol. The van der Waals surface area contributed by atoms with Gasteiger partial charge in [0.15, 0.2) is 0 Å². The van der Waals surface area contributed by atoms with E-state index in [0.717, 1.165) is 18.6 Å². The highest BCUT2D eigenvalue weighted by Crippen LogP contribution is 2.39. The molecule has 0 amide bonds. The average Bonchev–Trinajstić information content (AvgIpc) is 3.12. The Morgan fingerprint density at radius 2 is 2.16 bits per heavy atom. The van der Waals surface area contributed by atoms with Crippen LogP contribution < -0.4 is 5.32 Å². The van der Waals surface area contributed by atoms with Gasteiger partial charge in [-0.1, -0.05) is 11.6 Å². The maximum atomic E-state index is 11.3. The lowest BCUT2D eigenvalue weighted by Gasteiger charge is -2.21. The van der Waals surface area contributed by atoms with E-state index in [1.807, 2.05) is 19.1 Å². The molecule has 2 aliphatic rings. The summed E-state index contributed by atoms with van der Waals surface area (Å²) in [4.78, 5) is 11.3. The lowest BCUT2D eigenvalue weighted by atomic mass is 10.0. The van der Waals surface area contributed by atoms with Crippen molar-refractivity contribution in [3.8, 4) is 0 Å². The van der Waals surface area contributed by atoms with Gasteiger partial charge in [0.25, 0.3) is 0 Å². The molecule has 0 spiro atoms. The molecule has 4 nitrogen and oxygen atoms in total. The summed E-state index contributed by atoms with van der Waals surface area (Å²) in [7, 11) is 0. The van der Waals surface area contributed by atoms with Crippen molar-refractivity contribution in [2.75, 3.05) is 11.9 Å². The Labute approximate surface area is 112 Å². The van der Waals surface area contributed by atoms with E-state index >= 15 is 0 Å². The Balaban J connectivity index is 1.80. The van der Waals surface area contributed by atoms with Crippen molar-refractivity contribution in [1.29, 1.82) is 0 Å². The van der Waals surface area contributed by atoms with Crippen molar-refractivity contribution in [3.63, 3.8) is 0 Å². The van der Waals surface area contributed by atoms with E-state index in [4.69, 9.17) is 4.74 Å². The van der Waals surface area contributed by atoms with Gasteiger partial charge >= 0.3 is 5.97 Å². The van der Waals surface area contributed by atoms with Gasteiger partial charge < -0.3 is 15.2 Å². The quantitative estimate of drug-likeness (QED) is 0.875. The van der Waals surface area contributed by atoms with Crippen LogP contribution >= 0.6 is 0 Å². The van der Waals surface area contributed by atoms with Gasteiger partial charge in [0.1, 0.15) is 0 Å². The highest BCUT2D eigenvalue weighted by molar-refractivity contribution is 5.94. The first-order valence-electron chi connectivity index (χ1n) is 6.87. The van der Waals surface area contributed by atoms with E-state index in [-0.39, 0.29) is 12.1 Å². The molecule has 2 N–H and O–H groups in total. The minimum atomic E-state index is -0.881. The Morgan fingerprint density at radius 3 is 2.84 bits per heavy atom. The first-order valence-corrected chi connectivity index (χ1v) is 6.87. The number of hydrogen-bond donors (Lipinski definition) is 2. The summed E-state index contributed by atoms with van der Waals surface area (Å²) in [5.74, 6) is -0.216. The number of anilines is 1. The van der Waals surface area contributed by atoms with Gasteiger partial charge in [0.2, 0.25) is 0 Å². The number of carboxylic acids is 1. The zero-order valence-corrected chi connectivity index (χ0v) is 11.1. The predicted molar refractivity (Wildman–Crippen MR) is 72.6 cm³/mol. The standard InChI is InChI=1S/C15H19NO3/c1-9-2-5-12(11(8-9)15(17)18)16-13-6-7-19-14(13)10-3-4-10/h2,5,8,10,13-14,16H,3-4,6-7H2,1H3,(H,17,18). The molecule has 2 fully saturated rings. The van der Waals surface area contributed by atoms with Crippen LogP contribution in [0.4, 0.5) is 5.69 Å². The smallest absolute Gasteiger partial charge is 0.337 e. The molecule has 2 unspecified atom stereocenters. The number of benzene rings is 1. The SMILES string of the molecule is Cc1ccc(NC2CCOC2C2CC2)c(C(=O)O)c1. The van der Waals surface area contributed by atoms with E-state index in [1.165, 1.54) is 12.8 Å². The Morgan fingerprint density at radius 1 is 1.37 bits per heavy atom. The van der Waals surface area contributed by atoms with Gasteiger partial charge in [-0.3, -0.25) is 0 Å². The highest BCUT2D eigenvalue weighted by Gasteiger charge is 2.40. The molecule has 1 aliphatic heterocycles. The molecule has 19 heavy (non-hydrogen) atoms. The van der Waals surface area contributed by atoms with Crippen LogP contribution in [0.15, 0.2) is 18.2 Å². The molecule has 1 saturated heterocycles. The number of aryl methyl sites for hydroxylation is 1. The number of hydrogen-bond acceptors (Lipinski definition) is 3. The Kier molecular flexibility index (Phi) is 3.19. The molecule has 1 heterocycles.